The molecule has 0 radical (unpaired) electrons. The maximum absolute atomic E-state index is 11.1. The average Bonchev–Trinajstić information content (AvgIpc) is 2.30. The van der Waals surface area contributed by atoms with Gasteiger partial charge in [0.15, 0.2) is 0 Å². The Morgan fingerprint density at radius 1 is 1.50 bits per heavy atom. The smallest absolute Gasteiger partial charge is 0.337 e. The van der Waals surface area contributed by atoms with Gasteiger partial charge in [-0.25, -0.2) is 4.79 Å². The van der Waals surface area contributed by atoms with Gasteiger partial charge in [-0.3, -0.25) is 0 Å². The fourth-order valence-corrected chi connectivity index (χ4v) is 1.68. The van der Waals surface area contributed by atoms with Crippen LogP contribution in [0, 0.1) is 6.92 Å². The van der Waals surface area contributed by atoms with Crippen molar-refractivity contribution in [3.63, 3.8) is 0 Å². The normalized spacial score (nSPS) is 11.3. The third-order valence-electron chi connectivity index (χ3n) is 2.89. The van der Waals surface area contributed by atoms with Gasteiger partial charge in [0.25, 0.3) is 0 Å². The van der Waals surface area contributed by atoms with Crippen molar-refractivity contribution in [1.82, 2.24) is 0 Å². The fraction of sp³-hybridized carbons (Fsp3) is 0.462. The van der Waals surface area contributed by atoms with Crippen LogP contribution in [0.3, 0.4) is 0 Å². The molecule has 0 heterocycles. The lowest BCUT2D eigenvalue weighted by atomic mass is 10.1. The summed E-state index contributed by atoms with van der Waals surface area (Å²) in [4.78, 5) is 11.1. The van der Waals surface area contributed by atoms with E-state index in [9.17, 15) is 4.79 Å². The van der Waals surface area contributed by atoms with E-state index in [1.54, 1.807) is 17.8 Å². The van der Waals surface area contributed by atoms with Crippen LogP contribution < -0.4 is 11.1 Å². The minimum Gasteiger partial charge on any atom is -0.478 e. The number of benzene rings is 1. The molecule has 0 unspecified atom stereocenters. The lowest BCUT2D eigenvalue weighted by molar-refractivity contribution is 0.0698. The molecule has 0 aromatic heterocycles. The topological polar surface area (TPSA) is 75.3 Å². The second-order valence-corrected chi connectivity index (χ2v) is 6.39. The minimum absolute atomic E-state index is 0.0959. The van der Waals surface area contributed by atoms with Crippen molar-refractivity contribution in [2.24, 2.45) is 0 Å². The van der Waals surface area contributed by atoms with Crippen molar-refractivity contribution in [1.29, 1.82) is 0 Å². The predicted molar refractivity (Wildman–Crippen MR) is 78.6 cm³/mol. The summed E-state index contributed by atoms with van der Waals surface area (Å²) in [5.41, 5.74) is 7.80. The maximum atomic E-state index is 11.1. The number of carboxylic acids is 1. The highest BCUT2D eigenvalue weighted by Crippen LogP contribution is 2.25. The monoisotopic (exact) mass is 268 g/mol. The fourth-order valence-electron chi connectivity index (χ4n) is 1.46. The predicted octanol–water partition coefficient (Wildman–Crippen LogP) is 2.83. The first-order chi connectivity index (χ1) is 8.26. The molecular weight excluding hydrogens is 248 g/mol. The molecule has 5 heteroatoms. The largest absolute Gasteiger partial charge is 0.478 e. The molecule has 0 atom stereocenters. The van der Waals surface area contributed by atoms with E-state index in [1.165, 1.54) is 0 Å². The van der Waals surface area contributed by atoms with Gasteiger partial charge >= 0.3 is 5.97 Å². The molecule has 0 saturated carbocycles. The third kappa shape index (κ3) is 3.57. The summed E-state index contributed by atoms with van der Waals surface area (Å²) in [5, 5.41) is 12.3. The van der Waals surface area contributed by atoms with Crippen molar-refractivity contribution < 1.29 is 9.90 Å². The van der Waals surface area contributed by atoms with E-state index in [0.29, 0.717) is 5.69 Å². The van der Waals surface area contributed by atoms with Gasteiger partial charge in [-0.15, -0.1) is 0 Å². The van der Waals surface area contributed by atoms with E-state index in [0.717, 1.165) is 17.8 Å². The highest BCUT2D eigenvalue weighted by atomic mass is 32.2. The van der Waals surface area contributed by atoms with Crippen molar-refractivity contribution >= 4 is 29.1 Å². The number of nitrogen functional groups attached to an aromatic ring is 1. The zero-order valence-electron chi connectivity index (χ0n) is 11.2. The van der Waals surface area contributed by atoms with E-state index in [1.807, 2.05) is 13.0 Å². The number of anilines is 2. The Morgan fingerprint density at radius 3 is 2.61 bits per heavy atom. The van der Waals surface area contributed by atoms with Crippen molar-refractivity contribution in [3.8, 4) is 0 Å². The third-order valence-corrected chi connectivity index (χ3v) is 4.14. The van der Waals surface area contributed by atoms with Gasteiger partial charge in [0.2, 0.25) is 0 Å². The number of hydrogen-bond donors (Lipinski definition) is 3. The number of nitrogens with one attached hydrogen (secondary N) is 1. The van der Waals surface area contributed by atoms with Crippen molar-refractivity contribution in [2.45, 2.75) is 25.5 Å². The molecule has 0 spiro atoms. The molecule has 0 aliphatic rings. The molecule has 1 rings (SSSR count). The number of carbonyl (C=O) groups is 1. The summed E-state index contributed by atoms with van der Waals surface area (Å²) in [6.07, 6.45) is 2.05. The van der Waals surface area contributed by atoms with Crippen LogP contribution in [0.15, 0.2) is 12.1 Å². The molecule has 1 aromatic carbocycles. The molecule has 0 bridgehead atoms. The van der Waals surface area contributed by atoms with Crippen LogP contribution in [0.1, 0.15) is 29.8 Å². The Labute approximate surface area is 112 Å². The summed E-state index contributed by atoms with van der Waals surface area (Å²) in [6, 6.07) is 3.46. The number of rotatable bonds is 5. The lowest BCUT2D eigenvalue weighted by Crippen LogP contribution is -2.26. The minimum atomic E-state index is -0.997. The first-order valence-electron chi connectivity index (χ1n) is 5.69. The van der Waals surface area contributed by atoms with E-state index < -0.39 is 5.97 Å². The number of aromatic carboxylic acids is 1. The number of aryl methyl sites for hydroxylation is 1. The number of hydrogen-bond acceptors (Lipinski definition) is 4. The Balaban J connectivity index is 2.95. The molecular formula is C13H20N2O2S. The second-order valence-electron chi connectivity index (χ2n) is 4.88. The van der Waals surface area contributed by atoms with Crippen LogP contribution in [0.5, 0.6) is 0 Å². The number of carboxylic acid groups (broad SMARTS) is 1. The van der Waals surface area contributed by atoms with Gasteiger partial charge < -0.3 is 16.2 Å². The van der Waals surface area contributed by atoms with Gasteiger partial charge in [-0.2, -0.15) is 11.8 Å². The zero-order chi connectivity index (χ0) is 13.9. The van der Waals surface area contributed by atoms with E-state index in [4.69, 9.17) is 10.8 Å². The molecule has 18 heavy (non-hydrogen) atoms. The first kappa shape index (κ1) is 14.7. The summed E-state index contributed by atoms with van der Waals surface area (Å²) in [7, 11) is 0. The van der Waals surface area contributed by atoms with Gasteiger partial charge in [0.05, 0.1) is 5.56 Å². The van der Waals surface area contributed by atoms with Crippen molar-refractivity contribution in [2.75, 3.05) is 23.9 Å². The van der Waals surface area contributed by atoms with E-state index in [2.05, 4.69) is 25.4 Å². The van der Waals surface area contributed by atoms with Crippen LogP contribution in [0.25, 0.3) is 0 Å². The molecule has 0 amide bonds. The molecule has 0 aliphatic heterocycles. The van der Waals surface area contributed by atoms with Gasteiger partial charge in [-0.05, 0) is 44.7 Å². The summed E-state index contributed by atoms with van der Waals surface area (Å²) >= 11 is 1.76. The standard InChI is InChI=1S/C13H20N2O2S/c1-8-5-9(15-7-13(2,3)18-4)6-10(11(8)14)12(16)17/h5-6,15H,7,14H2,1-4H3,(H,16,17). The molecule has 0 fully saturated rings. The Kier molecular flexibility index (Phi) is 4.51. The van der Waals surface area contributed by atoms with Crippen LogP contribution in [-0.2, 0) is 0 Å². The first-order valence-corrected chi connectivity index (χ1v) is 6.92. The van der Waals surface area contributed by atoms with E-state index in [-0.39, 0.29) is 10.3 Å². The second kappa shape index (κ2) is 5.52. The van der Waals surface area contributed by atoms with Gasteiger partial charge in [-0.1, -0.05) is 0 Å². The molecule has 0 aliphatic carbocycles. The number of nitrogens with two attached hydrogens (primary N) is 1. The quantitative estimate of drug-likeness (QED) is 0.716. The van der Waals surface area contributed by atoms with Gasteiger partial charge in [0, 0.05) is 22.7 Å². The SMILES string of the molecule is CSC(C)(C)CNc1cc(C)c(N)c(C(=O)O)c1. The molecule has 1 aromatic rings. The molecule has 4 nitrogen and oxygen atoms in total. The average molecular weight is 268 g/mol. The highest BCUT2D eigenvalue weighted by Gasteiger charge is 2.17. The van der Waals surface area contributed by atoms with Crippen molar-refractivity contribution in [3.05, 3.63) is 23.3 Å². The highest BCUT2D eigenvalue weighted by molar-refractivity contribution is 7.99. The summed E-state index contributed by atoms with van der Waals surface area (Å²) in [6.45, 7) is 6.84. The summed E-state index contributed by atoms with van der Waals surface area (Å²) < 4.78 is 0.0959. The van der Waals surface area contributed by atoms with Crippen LogP contribution in [-0.4, -0.2) is 28.6 Å². The zero-order valence-corrected chi connectivity index (χ0v) is 12.0. The van der Waals surface area contributed by atoms with Crippen LogP contribution in [0.4, 0.5) is 11.4 Å². The lowest BCUT2D eigenvalue weighted by Gasteiger charge is -2.23. The Hall–Kier alpha value is -1.36. The Bertz CT molecular complexity index is 459. The molecule has 4 N–H and O–H groups in total. The van der Waals surface area contributed by atoms with Gasteiger partial charge in [0.1, 0.15) is 0 Å². The number of thioether (sulfide) groups is 1. The maximum Gasteiger partial charge on any atom is 0.337 e. The molecule has 100 valence electrons. The Morgan fingerprint density at radius 2 is 2.11 bits per heavy atom. The summed E-state index contributed by atoms with van der Waals surface area (Å²) in [5.74, 6) is -0.997. The van der Waals surface area contributed by atoms with E-state index >= 15 is 0 Å². The van der Waals surface area contributed by atoms with Crippen LogP contribution in [0.2, 0.25) is 0 Å². The molecule has 0 saturated heterocycles. The van der Waals surface area contributed by atoms with Crippen LogP contribution >= 0.6 is 11.8 Å².